The summed E-state index contributed by atoms with van der Waals surface area (Å²) in [4.78, 5) is 22.5. The summed E-state index contributed by atoms with van der Waals surface area (Å²) in [5.41, 5.74) is 0.0627. The number of anilines is 1. The number of nitro benzene ring substituents is 1. The molecule has 0 fully saturated rings. The van der Waals surface area contributed by atoms with Crippen LogP contribution < -0.4 is 10.1 Å². The molecule has 178 valence electrons. The number of nitrogens with zero attached hydrogens (tertiary/aromatic N) is 4. The Hall–Kier alpha value is -4.32. The van der Waals surface area contributed by atoms with Gasteiger partial charge < -0.3 is 10.1 Å². The van der Waals surface area contributed by atoms with Gasteiger partial charge in [0.1, 0.15) is 6.61 Å². The fourth-order valence-corrected chi connectivity index (χ4v) is 3.86. The third-order valence-corrected chi connectivity index (χ3v) is 5.60. The molecule has 9 nitrogen and oxygen atoms in total. The Bertz CT molecular complexity index is 1370. The zero-order valence-corrected chi connectivity index (χ0v) is 18.7. The van der Waals surface area contributed by atoms with Gasteiger partial charge in [-0.1, -0.05) is 42.1 Å². The van der Waals surface area contributed by atoms with Gasteiger partial charge in [-0.25, -0.2) is 4.39 Å². The summed E-state index contributed by atoms with van der Waals surface area (Å²) in [6.07, 6.45) is 0. The van der Waals surface area contributed by atoms with Gasteiger partial charge in [0.25, 0.3) is 0 Å². The standard InChI is InChI=1S/C23H17F2N5O4S/c24-17-11-10-15(12-19(17)30(32)33)26-22(31)14-35-23-28-27-21(29(23)16-6-2-1-3-7-16)13-34-20-9-5-4-8-18(20)25/h1-12H,13-14H2,(H,26,31). The molecule has 0 saturated carbocycles. The van der Waals surface area contributed by atoms with Crippen molar-refractivity contribution in [1.82, 2.24) is 14.8 Å². The Labute approximate surface area is 201 Å². The number of halogens is 2. The van der Waals surface area contributed by atoms with Crippen LogP contribution in [-0.4, -0.2) is 31.3 Å². The Balaban J connectivity index is 1.49. The number of para-hydroxylation sites is 2. The lowest BCUT2D eigenvalue weighted by Crippen LogP contribution is -2.15. The van der Waals surface area contributed by atoms with Crippen LogP contribution in [0.25, 0.3) is 5.69 Å². The molecule has 0 aliphatic carbocycles. The van der Waals surface area contributed by atoms with Gasteiger partial charge in [-0.2, -0.15) is 4.39 Å². The smallest absolute Gasteiger partial charge is 0.306 e. The second kappa shape index (κ2) is 10.7. The van der Waals surface area contributed by atoms with E-state index >= 15 is 0 Å². The molecular weight excluding hydrogens is 480 g/mol. The highest BCUT2D eigenvalue weighted by Gasteiger charge is 2.18. The van der Waals surface area contributed by atoms with Crippen molar-refractivity contribution in [3.05, 3.63) is 100 Å². The lowest BCUT2D eigenvalue weighted by Gasteiger charge is -2.11. The molecule has 1 aromatic heterocycles. The summed E-state index contributed by atoms with van der Waals surface area (Å²) in [5, 5.41) is 22.1. The maximum absolute atomic E-state index is 13.9. The van der Waals surface area contributed by atoms with Gasteiger partial charge in [-0.05, 0) is 36.4 Å². The van der Waals surface area contributed by atoms with Crippen LogP contribution in [0.4, 0.5) is 20.2 Å². The number of aromatic nitrogens is 3. The second-order valence-corrected chi connectivity index (χ2v) is 7.99. The van der Waals surface area contributed by atoms with Crippen molar-refractivity contribution in [3.8, 4) is 11.4 Å². The van der Waals surface area contributed by atoms with Gasteiger partial charge in [0.05, 0.1) is 10.7 Å². The largest absolute Gasteiger partial charge is 0.483 e. The molecule has 4 rings (SSSR count). The molecule has 0 aliphatic rings. The average molecular weight is 497 g/mol. The Morgan fingerprint density at radius 1 is 1.03 bits per heavy atom. The molecule has 0 aliphatic heterocycles. The van der Waals surface area contributed by atoms with E-state index in [9.17, 15) is 23.7 Å². The Morgan fingerprint density at radius 3 is 2.51 bits per heavy atom. The van der Waals surface area contributed by atoms with E-state index in [4.69, 9.17) is 4.74 Å². The van der Waals surface area contributed by atoms with E-state index in [1.165, 1.54) is 18.2 Å². The summed E-state index contributed by atoms with van der Waals surface area (Å²) in [6.45, 7) is -0.0746. The number of hydrogen-bond acceptors (Lipinski definition) is 7. The topological polar surface area (TPSA) is 112 Å². The van der Waals surface area contributed by atoms with E-state index in [2.05, 4.69) is 15.5 Å². The molecule has 35 heavy (non-hydrogen) atoms. The first-order chi connectivity index (χ1) is 16.9. The van der Waals surface area contributed by atoms with Crippen LogP contribution in [0.3, 0.4) is 0 Å². The van der Waals surface area contributed by atoms with Crippen molar-refractivity contribution < 1.29 is 23.2 Å². The molecule has 3 aromatic carbocycles. The van der Waals surface area contributed by atoms with E-state index in [1.807, 2.05) is 30.3 Å². The van der Waals surface area contributed by atoms with Crippen LogP contribution >= 0.6 is 11.8 Å². The molecule has 0 bridgehead atoms. The number of carbonyl (C=O) groups excluding carboxylic acids is 1. The van der Waals surface area contributed by atoms with Gasteiger partial charge in [-0.3, -0.25) is 19.5 Å². The molecule has 1 amide bonds. The molecular formula is C23H17F2N5O4S. The predicted molar refractivity (Wildman–Crippen MR) is 124 cm³/mol. The third-order valence-electron chi connectivity index (χ3n) is 4.67. The number of nitrogens with one attached hydrogen (secondary N) is 1. The van der Waals surface area contributed by atoms with Gasteiger partial charge in [0, 0.05) is 17.4 Å². The molecule has 0 atom stereocenters. The zero-order valence-electron chi connectivity index (χ0n) is 17.9. The lowest BCUT2D eigenvalue weighted by molar-refractivity contribution is -0.387. The van der Waals surface area contributed by atoms with E-state index in [0.717, 1.165) is 23.9 Å². The number of thioether (sulfide) groups is 1. The minimum atomic E-state index is -0.997. The summed E-state index contributed by atoms with van der Waals surface area (Å²) >= 11 is 1.07. The lowest BCUT2D eigenvalue weighted by atomic mass is 10.2. The van der Waals surface area contributed by atoms with Crippen LogP contribution in [0, 0.1) is 21.7 Å². The van der Waals surface area contributed by atoms with Crippen molar-refractivity contribution in [2.75, 3.05) is 11.1 Å². The quantitative estimate of drug-likeness (QED) is 0.201. The monoisotopic (exact) mass is 497 g/mol. The van der Waals surface area contributed by atoms with Gasteiger partial charge in [0.2, 0.25) is 11.7 Å². The predicted octanol–water partition coefficient (Wildman–Crippen LogP) is 4.76. The number of benzene rings is 3. The maximum atomic E-state index is 13.9. The third kappa shape index (κ3) is 5.79. The number of rotatable bonds is 9. The first kappa shape index (κ1) is 23.8. The van der Waals surface area contributed by atoms with Crippen LogP contribution in [0.5, 0.6) is 5.75 Å². The van der Waals surface area contributed by atoms with Crippen molar-refractivity contribution in [3.63, 3.8) is 0 Å². The van der Waals surface area contributed by atoms with Crippen molar-refractivity contribution in [1.29, 1.82) is 0 Å². The second-order valence-electron chi connectivity index (χ2n) is 7.05. The summed E-state index contributed by atoms with van der Waals surface area (Å²) in [5.74, 6) is -1.64. The van der Waals surface area contributed by atoms with Gasteiger partial charge >= 0.3 is 5.69 Å². The fourth-order valence-electron chi connectivity index (χ4n) is 3.09. The van der Waals surface area contributed by atoms with E-state index in [-0.39, 0.29) is 23.8 Å². The molecule has 4 aromatic rings. The van der Waals surface area contributed by atoms with Crippen LogP contribution in [0.2, 0.25) is 0 Å². The first-order valence-corrected chi connectivity index (χ1v) is 11.1. The zero-order chi connectivity index (χ0) is 24.8. The molecule has 0 unspecified atom stereocenters. The highest BCUT2D eigenvalue weighted by molar-refractivity contribution is 7.99. The van der Waals surface area contributed by atoms with E-state index < -0.39 is 28.2 Å². The number of carbonyl (C=O) groups is 1. The Kier molecular flexibility index (Phi) is 7.31. The SMILES string of the molecule is O=C(CSc1nnc(COc2ccccc2F)n1-c1ccccc1)Nc1ccc(F)c([N+](=O)[O-])c1. The Morgan fingerprint density at radius 2 is 1.77 bits per heavy atom. The number of amides is 1. The maximum Gasteiger partial charge on any atom is 0.306 e. The molecule has 12 heteroatoms. The average Bonchev–Trinajstić information content (AvgIpc) is 3.26. The van der Waals surface area contributed by atoms with Crippen LogP contribution in [-0.2, 0) is 11.4 Å². The van der Waals surface area contributed by atoms with Gasteiger partial charge in [0.15, 0.2) is 22.5 Å². The number of ether oxygens (including phenoxy) is 1. The molecule has 1 N–H and O–H groups in total. The summed E-state index contributed by atoms with van der Waals surface area (Å²) in [7, 11) is 0. The van der Waals surface area contributed by atoms with Crippen LogP contribution in [0.15, 0.2) is 78.0 Å². The van der Waals surface area contributed by atoms with Crippen molar-refractivity contribution in [2.24, 2.45) is 0 Å². The van der Waals surface area contributed by atoms with Crippen molar-refractivity contribution >= 4 is 29.0 Å². The highest BCUT2D eigenvalue weighted by Crippen LogP contribution is 2.25. The van der Waals surface area contributed by atoms with Crippen molar-refractivity contribution in [2.45, 2.75) is 11.8 Å². The minimum Gasteiger partial charge on any atom is -0.483 e. The van der Waals surface area contributed by atoms with E-state index in [1.54, 1.807) is 16.7 Å². The summed E-state index contributed by atoms with van der Waals surface area (Å²) in [6, 6.07) is 18.2. The number of nitro groups is 1. The van der Waals surface area contributed by atoms with Gasteiger partial charge in [-0.15, -0.1) is 10.2 Å². The van der Waals surface area contributed by atoms with Crippen LogP contribution in [0.1, 0.15) is 5.82 Å². The number of hydrogen-bond donors (Lipinski definition) is 1. The minimum absolute atomic E-state index is 0.0667. The summed E-state index contributed by atoms with van der Waals surface area (Å²) < 4.78 is 34.7. The molecule has 0 spiro atoms. The van der Waals surface area contributed by atoms with E-state index in [0.29, 0.717) is 16.7 Å². The molecule has 0 radical (unpaired) electrons. The highest BCUT2D eigenvalue weighted by atomic mass is 32.2. The molecule has 0 saturated heterocycles. The fraction of sp³-hybridized carbons (Fsp3) is 0.0870. The normalized spacial score (nSPS) is 10.7. The first-order valence-electron chi connectivity index (χ1n) is 10.2. The molecule has 1 heterocycles.